The highest BCUT2D eigenvalue weighted by atomic mass is 127. The fraction of sp³-hybridized carbons (Fsp3) is 0.462. The molecule has 1 atom stereocenters. The number of nitro benzene ring substituents is 1. The van der Waals surface area contributed by atoms with E-state index in [4.69, 9.17) is 4.74 Å². The van der Waals surface area contributed by atoms with E-state index in [0.29, 0.717) is 15.7 Å². The van der Waals surface area contributed by atoms with Gasteiger partial charge in [-0.05, 0) is 35.1 Å². The minimum atomic E-state index is -0.508. The van der Waals surface area contributed by atoms with Gasteiger partial charge in [0, 0.05) is 22.8 Å². The Morgan fingerprint density at radius 3 is 2.80 bits per heavy atom. The number of hydrogen-bond donors (Lipinski definition) is 1. The lowest BCUT2D eigenvalue weighted by atomic mass is 10.1. The average Bonchev–Trinajstić information content (AvgIpc) is 2.39. The van der Waals surface area contributed by atoms with Gasteiger partial charge in [0.2, 0.25) is 0 Å². The fourth-order valence-electron chi connectivity index (χ4n) is 1.81. The predicted octanol–water partition coefficient (Wildman–Crippen LogP) is 2.74. The number of methoxy groups -OCH3 is 1. The zero-order valence-electron chi connectivity index (χ0n) is 11.4. The number of non-ortho nitro benzene ring substituents is 1. The maximum absolute atomic E-state index is 12.2. The van der Waals surface area contributed by atoms with Gasteiger partial charge in [0.15, 0.2) is 0 Å². The van der Waals surface area contributed by atoms with Crippen molar-refractivity contribution in [2.24, 2.45) is 0 Å². The molecule has 7 heteroatoms. The van der Waals surface area contributed by atoms with Gasteiger partial charge in [-0.3, -0.25) is 14.9 Å². The normalized spacial score (nSPS) is 11.9. The molecule has 0 aliphatic carbocycles. The molecule has 1 amide bonds. The van der Waals surface area contributed by atoms with Crippen LogP contribution in [0.25, 0.3) is 0 Å². The summed E-state index contributed by atoms with van der Waals surface area (Å²) in [6.07, 6.45) is 1.71. The third kappa shape index (κ3) is 4.71. The SMILES string of the molecule is CCCC(COC)NC(=O)c1cc([N+](=O)[O-])ccc1I. The van der Waals surface area contributed by atoms with Crippen LogP contribution in [0, 0.1) is 13.7 Å². The lowest BCUT2D eigenvalue weighted by Crippen LogP contribution is -2.38. The van der Waals surface area contributed by atoms with Gasteiger partial charge in [-0.1, -0.05) is 13.3 Å². The lowest BCUT2D eigenvalue weighted by Gasteiger charge is -2.17. The number of carbonyl (C=O) groups is 1. The van der Waals surface area contributed by atoms with E-state index in [1.807, 2.05) is 29.5 Å². The molecular formula is C13H17IN2O4. The van der Waals surface area contributed by atoms with Crippen LogP contribution in [-0.2, 0) is 4.74 Å². The molecule has 0 spiro atoms. The number of carbonyl (C=O) groups excluding carboxylic acids is 1. The van der Waals surface area contributed by atoms with Crippen molar-refractivity contribution >= 4 is 34.2 Å². The van der Waals surface area contributed by atoms with Gasteiger partial charge < -0.3 is 10.1 Å². The molecule has 0 radical (unpaired) electrons. The summed E-state index contributed by atoms with van der Waals surface area (Å²) in [6, 6.07) is 4.16. The van der Waals surface area contributed by atoms with Crippen LogP contribution in [0.1, 0.15) is 30.1 Å². The van der Waals surface area contributed by atoms with Crippen molar-refractivity contribution in [3.8, 4) is 0 Å². The van der Waals surface area contributed by atoms with Gasteiger partial charge >= 0.3 is 0 Å². The van der Waals surface area contributed by atoms with Crippen molar-refractivity contribution < 1.29 is 14.5 Å². The highest BCUT2D eigenvalue weighted by Gasteiger charge is 2.18. The molecule has 20 heavy (non-hydrogen) atoms. The molecule has 1 rings (SSSR count). The van der Waals surface area contributed by atoms with Crippen LogP contribution in [0.5, 0.6) is 0 Å². The second-order valence-corrected chi connectivity index (χ2v) is 5.50. The third-order valence-electron chi connectivity index (χ3n) is 2.75. The smallest absolute Gasteiger partial charge is 0.270 e. The molecule has 110 valence electrons. The summed E-state index contributed by atoms with van der Waals surface area (Å²) >= 11 is 1.99. The number of nitro groups is 1. The highest BCUT2D eigenvalue weighted by Crippen LogP contribution is 2.19. The van der Waals surface area contributed by atoms with Gasteiger partial charge in [-0.25, -0.2) is 0 Å². The van der Waals surface area contributed by atoms with Crippen molar-refractivity contribution in [3.05, 3.63) is 37.4 Å². The standard InChI is InChI=1S/C13H17IN2O4/c1-3-4-9(8-20-2)15-13(17)11-7-10(16(18)19)5-6-12(11)14/h5-7,9H,3-4,8H2,1-2H3,(H,15,17). The van der Waals surface area contributed by atoms with E-state index < -0.39 is 4.92 Å². The number of nitrogens with zero attached hydrogens (tertiary/aromatic N) is 1. The van der Waals surface area contributed by atoms with E-state index >= 15 is 0 Å². The summed E-state index contributed by atoms with van der Waals surface area (Å²) in [7, 11) is 1.58. The molecule has 0 aliphatic rings. The zero-order valence-corrected chi connectivity index (χ0v) is 13.5. The minimum absolute atomic E-state index is 0.0886. The molecule has 0 bridgehead atoms. The van der Waals surface area contributed by atoms with Crippen LogP contribution >= 0.6 is 22.6 Å². The van der Waals surface area contributed by atoms with Crippen molar-refractivity contribution in [2.75, 3.05) is 13.7 Å². The van der Waals surface area contributed by atoms with E-state index in [0.717, 1.165) is 12.8 Å². The van der Waals surface area contributed by atoms with Crippen molar-refractivity contribution in [1.29, 1.82) is 0 Å². The maximum atomic E-state index is 12.2. The van der Waals surface area contributed by atoms with Crippen LogP contribution in [-0.4, -0.2) is 30.6 Å². The van der Waals surface area contributed by atoms with Gasteiger partial charge in [0.05, 0.1) is 23.1 Å². The molecule has 0 saturated heterocycles. The topological polar surface area (TPSA) is 81.5 Å². The largest absolute Gasteiger partial charge is 0.383 e. The summed E-state index contributed by atoms with van der Waals surface area (Å²) in [4.78, 5) is 22.5. The first kappa shape index (κ1) is 16.8. The van der Waals surface area contributed by atoms with Crippen LogP contribution in [0.4, 0.5) is 5.69 Å². The van der Waals surface area contributed by atoms with E-state index in [-0.39, 0.29) is 17.6 Å². The molecule has 0 fully saturated rings. The number of hydrogen-bond acceptors (Lipinski definition) is 4. The molecule has 1 unspecified atom stereocenters. The number of benzene rings is 1. The lowest BCUT2D eigenvalue weighted by molar-refractivity contribution is -0.384. The van der Waals surface area contributed by atoms with Gasteiger partial charge in [-0.2, -0.15) is 0 Å². The van der Waals surface area contributed by atoms with Crippen molar-refractivity contribution in [3.63, 3.8) is 0 Å². The van der Waals surface area contributed by atoms with E-state index in [9.17, 15) is 14.9 Å². The molecule has 0 heterocycles. The molecule has 0 aliphatic heterocycles. The first-order valence-electron chi connectivity index (χ1n) is 6.23. The van der Waals surface area contributed by atoms with Crippen LogP contribution < -0.4 is 5.32 Å². The second-order valence-electron chi connectivity index (χ2n) is 4.34. The van der Waals surface area contributed by atoms with Crippen LogP contribution in [0.3, 0.4) is 0 Å². The van der Waals surface area contributed by atoms with E-state index in [1.54, 1.807) is 13.2 Å². The molecule has 1 N–H and O–H groups in total. The third-order valence-corrected chi connectivity index (χ3v) is 3.69. The first-order chi connectivity index (χ1) is 9.49. The van der Waals surface area contributed by atoms with Crippen LogP contribution in [0.15, 0.2) is 18.2 Å². The molecule has 0 saturated carbocycles. The summed E-state index contributed by atoms with van der Waals surface area (Å²) in [6.45, 7) is 2.44. The van der Waals surface area contributed by atoms with Gasteiger partial charge in [0.1, 0.15) is 0 Å². The Morgan fingerprint density at radius 1 is 1.55 bits per heavy atom. The number of rotatable bonds is 7. The summed E-state index contributed by atoms with van der Waals surface area (Å²) in [5.74, 6) is -0.311. The Kier molecular flexibility index (Phi) is 6.86. The Labute approximate surface area is 131 Å². The quantitative estimate of drug-likeness (QED) is 0.440. The number of halogens is 1. The predicted molar refractivity (Wildman–Crippen MR) is 83.9 cm³/mol. The Bertz CT molecular complexity index is 487. The number of amides is 1. The molecular weight excluding hydrogens is 375 g/mol. The Balaban J connectivity index is 2.90. The second kappa shape index (κ2) is 8.15. The maximum Gasteiger partial charge on any atom is 0.270 e. The molecule has 6 nitrogen and oxygen atoms in total. The Morgan fingerprint density at radius 2 is 2.25 bits per heavy atom. The Hall–Kier alpha value is -1.22. The van der Waals surface area contributed by atoms with Gasteiger partial charge in [0.25, 0.3) is 11.6 Å². The molecule has 1 aromatic rings. The monoisotopic (exact) mass is 392 g/mol. The van der Waals surface area contributed by atoms with E-state index in [1.165, 1.54) is 12.1 Å². The van der Waals surface area contributed by atoms with Crippen LogP contribution in [0.2, 0.25) is 0 Å². The summed E-state index contributed by atoms with van der Waals surface area (Å²) < 4.78 is 5.74. The summed E-state index contributed by atoms with van der Waals surface area (Å²) in [5.41, 5.74) is 0.228. The highest BCUT2D eigenvalue weighted by molar-refractivity contribution is 14.1. The van der Waals surface area contributed by atoms with Crippen molar-refractivity contribution in [2.45, 2.75) is 25.8 Å². The van der Waals surface area contributed by atoms with Gasteiger partial charge in [-0.15, -0.1) is 0 Å². The zero-order chi connectivity index (χ0) is 15.1. The number of ether oxygens (including phenoxy) is 1. The van der Waals surface area contributed by atoms with Crippen molar-refractivity contribution in [1.82, 2.24) is 5.32 Å². The summed E-state index contributed by atoms with van der Waals surface area (Å²) in [5, 5.41) is 13.6. The minimum Gasteiger partial charge on any atom is -0.383 e. The molecule has 0 aromatic heterocycles. The van der Waals surface area contributed by atoms with E-state index in [2.05, 4.69) is 5.32 Å². The first-order valence-corrected chi connectivity index (χ1v) is 7.31. The fourth-order valence-corrected chi connectivity index (χ4v) is 2.39. The average molecular weight is 392 g/mol. The molecule has 1 aromatic carbocycles. The number of nitrogens with one attached hydrogen (secondary N) is 1.